The molecule has 0 aromatic heterocycles. The summed E-state index contributed by atoms with van der Waals surface area (Å²) in [6, 6.07) is 16.5. The van der Waals surface area contributed by atoms with Crippen LogP contribution >= 0.6 is 0 Å². The van der Waals surface area contributed by atoms with Crippen molar-refractivity contribution in [2.75, 3.05) is 11.4 Å². The first kappa shape index (κ1) is 18.9. The summed E-state index contributed by atoms with van der Waals surface area (Å²) in [6.45, 7) is 6.17. The van der Waals surface area contributed by atoms with E-state index < -0.39 is 5.66 Å². The maximum absolute atomic E-state index is 13.5. The second-order valence-electron chi connectivity index (χ2n) is 7.58. The fourth-order valence-electron chi connectivity index (χ4n) is 4.14. The molecule has 4 rings (SSSR count). The van der Waals surface area contributed by atoms with Crippen LogP contribution < -0.4 is 10.2 Å². The maximum atomic E-state index is 13.5. The van der Waals surface area contributed by atoms with Gasteiger partial charge in [-0.25, -0.2) is 0 Å². The molecule has 0 aliphatic carbocycles. The van der Waals surface area contributed by atoms with Gasteiger partial charge in [0.1, 0.15) is 0 Å². The first-order chi connectivity index (χ1) is 13.9. The third-order valence-electron chi connectivity index (χ3n) is 5.47. The Balaban J connectivity index is 1.86. The molecular weight excluding hydrogens is 366 g/mol. The van der Waals surface area contributed by atoms with Gasteiger partial charge in [0.05, 0.1) is 11.3 Å². The molecule has 2 aliphatic heterocycles. The zero-order valence-corrected chi connectivity index (χ0v) is 16.4. The van der Waals surface area contributed by atoms with Crippen molar-refractivity contribution in [3.05, 3.63) is 77.9 Å². The number of hydrogen-bond acceptors (Lipinski definition) is 3. The summed E-state index contributed by atoms with van der Waals surface area (Å²) in [5, 5.41) is 2.88. The predicted molar refractivity (Wildman–Crippen MR) is 110 cm³/mol. The van der Waals surface area contributed by atoms with E-state index in [-0.39, 0.29) is 43.7 Å². The average molecular weight is 389 g/mol. The lowest BCUT2D eigenvalue weighted by molar-refractivity contribution is -0.133. The third kappa shape index (κ3) is 3.01. The Hall–Kier alpha value is -3.41. The van der Waals surface area contributed by atoms with Crippen molar-refractivity contribution in [3.63, 3.8) is 0 Å². The van der Waals surface area contributed by atoms with Crippen LogP contribution in [0.2, 0.25) is 0 Å². The monoisotopic (exact) mass is 389 g/mol. The number of hydrogen-bond donors (Lipinski definition) is 1. The maximum Gasteiger partial charge on any atom is 0.267 e. The van der Waals surface area contributed by atoms with Crippen molar-refractivity contribution in [1.29, 1.82) is 0 Å². The number of rotatable bonds is 5. The molecule has 0 saturated carbocycles. The Bertz CT molecular complexity index is 1000. The summed E-state index contributed by atoms with van der Waals surface area (Å²) < 4.78 is 0. The Morgan fingerprint density at radius 3 is 2.52 bits per heavy atom. The second-order valence-corrected chi connectivity index (χ2v) is 7.58. The highest BCUT2D eigenvalue weighted by Gasteiger charge is 2.60. The molecular formula is C23H23N3O3. The number of amides is 3. The highest BCUT2D eigenvalue weighted by Crippen LogP contribution is 2.45. The average Bonchev–Trinajstić information content (AvgIpc) is 3.08. The van der Waals surface area contributed by atoms with Crippen LogP contribution in [0.5, 0.6) is 0 Å². The van der Waals surface area contributed by atoms with Crippen LogP contribution in [0, 0.1) is 0 Å². The first-order valence-electron chi connectivity index (χ1n) is 9.66. The molecule has 29 heavy (non-hydrogen) atoms. The summed E-state index contributed by atoms with van der Waals surface area (Å²) in [5.41, 5.74) is 1.24. The van der Waals surface area contributed by atoms with Crippen LogP contribution in [0.25, 0.3) is 0 Å². The van der Waals surface area contributed by atoms with E-state index in [1.54, 1.807) is 29.2 Å². The molecule has 2 aliphatic rings. The molecule has 6 nitrogen and oxygen atoms in total. The Morgan fingerprint density at radius 1 is 1.10 bits per heavy atom. The van der Waals surface area contributed by atoms with E-state index in [4.69, 9.17) is 0 Å². The normalized spacial score (nSPS) is 20.3. The Kier molecular flexibility index (Phi) is 4.70. The number of nitrogens with one attached hydrogen (secondary N) is 1. The summed E-state index contributed by atoms with van der Waals surface area (Å²) in [7, 11) is 0. The molecule has 1 fully saturated rings. The largest absolute Gasteiger partial charge is 0.349 e. The van der Waals surface area contributed by atoms with E-state index in [9.17, 15) is 14.4 Å². The third-order valence-corrected chi connectivity index (χ3v) is 5.47. The fraction of sp³-hybridized carbons (Fsp3) is 0.261. The van der Waals surface area contributed by atoms with Gasteiger partial charge in [-0.2, -0.15) is 0 Å². The van der Waals surface area contributed by atoms with Gasteiger partial charge in [0.2, 0.25) is 11.6 Å². The molecule has 1 saturated heterocycles. The molecule has 0 radical (unpaired) electrons. The Morgan fingerprint density at radius 2 is 1.79 bits per heavy atom. The van der Waals surface area contributed by atoms with Gasteiger partial charge in [-0.15, -0.1) is 0 Å². The number of nitrogens with zero attached hydrogens (tertiary/aromatic N) is 2. The highest BCUT2D eigenvalue weighted by molar-refractivity contribution is 6.16. The molecule has 2 aromatic carbocycles. The van der Waals surface area contributed by atoms with Crippen LogP contribution in [0.1, 0.15) is 35.7 Å². The van der Waals surface area contributed by atoms with E-state index in [2.05, 4.69) is 11.9 Å². The van der Waals surface area contributed by atoms with Gasteiger partial charge in [0, 0.05) is 25.9 Å². The zero-order chi connectivity index (χ0) is 20.6. The van der Waals surface area contributed by atoms with Crippen molar-refractivity contribution < 1.29 is 14.4 Å². The molecule has 1 unspecified atom stereocenters. The lowest BCUT2D eigenvalue weighted by Gasteiger charge is -2.49. The minimum Gasteiger partial charge on any atom is -0.349 e. The molecule has 148 valence electrons. The number of carbonyl (C=O) groups is 3. The van der Waals surface area contributed by atoms with Gasteiger partial charge < -0.3 is 10.2 Å². The topological polar surface area (TPSA) is 69.7 Å². The molecule has 2 aromatic rings. The van der Waals surface area contributed by atoms with E-state index in [0.29, 0.717) is 11.3 Å². The van der Waals surface area contributed by atoms with Crippen molar-refractivity contribution in [3.8, 4) is 0 Å². The van der Waals surface area contributed by atoms with E-state index >= 15 is 0 Å². The SMILES string of the molecule is C=C(C)CNC(=O)C12CCC(=O)N1c1ccccc1C(=O)N2Cc1ccccc1. The molecule has 1 atom stereocenters. The van der Waals surface area contributed by atoms with Gasteiger partial charge in [-0.1, -0.05) is 54.6 Å². The van der Waals surface area contributed by atoms with Crippen molar-refractivity contribution in [2.24, 2.45) is 0 Å². The van der Waals surface area contributed by atoms with Crippen LogP contribution in [0.3, 0.4) is 0 Å². The molecule has 0 bridgehead atoms. The standard InChI is InChI=1S/C23H23N3O3/c1-16(2)14-24-22(29)23-13-12-20(27)26(23)19-11-7-6-10-18(19)21(28)25(23)15-17-8-4-3-5-9-17/h3-11H,1,12-15H2,2H3,(H,24,29). The van der Waals surface area contributed by atoms with Crippen molar-refractivity contribution in [2.45, 2.75) is 32.0 Å². The molecule has 1 N–H and O–H groups in total. The van der Waals surface area contributed by atoms with Crippen molar-refractivity contribution in [1.82, 2.24) is 10.2 Å². The fourth-order valence-corrected chi connectivity index (χ4v) is 4.14. The Labute approximate surface area is 169 Å². The van der Waals surface area contributed by atoms with E-state index in [1.165, 1.54) is 4.90 Å². The first-order valence-corrected chi connectivity index (χ1v) is 9.66. The number of carbonyl (C=O) groups excluding carboxylic acids is 3. The van der Waals surface area contributed by atoms with Gasteiger partial charge in [0.25, 0.3) is 11.8 Å². The smallest absolute Gasteiger partial charge is 0.267 e. The van der Waals surface area contributed by atoms with Crippen LogP contribution in [-0.4, -0.2) is 34.8 Å². The summed E-state index contributed by atoms with van der Waals surface area (Å²) in [6.07, 6.45) is 0.453. The number of benzene rings is 2. The van der Waals surface area contributed by atoms with Gasteiger partial charge >= 0.3 is 0 Å². The minimum atomic E-state index is -1.38. The van der Waals surface area contributed by atoms with Gasteiger partial charge in [-0.3, -0.25) is 19.3 Å². The number of fused-ring (bicyclic) bond motifs is 3. The molecule has 3 amide bonds. The summed E-state index contributed by atoms with van der Waals surface area (Å²) in [5.74, 6) is -0.764. The number of anilines is 1. The number of para-hydroxylation sites is 1. The summed E-state index contributed by atoms with van der Waals surface area (Å²) >= 11 is 0. The predicted octanol–water partition coefficient (Wildman–Crippen LogP) is 2.86. The van der Waals surface area contributed by atoms with Gasteiger partial charge in [0.15, 0.2) is 0 Å². The van der Waals surface area contributed by atoms with E-state index in [0.717, 1.165) is 11.1 Å². The van der Waals surface area contributed by atoms with Crippen LogP contribution in [0.4, 0.5) is 5.69 Å². The van der Waals surface area contributed by atoms with Crippen LogP contribution in [-0.2, 0) is 16.1 Å². The lowest BCUT2D eigenvalue weighted by Crippen LogP contribution is -2.70. The quantitative estimate of drug-likeness (QED) is 0.800. The minimum absolute atomic E-state index is 0.159. The molecule has 2 heterocycles. The second kappa shape index (κ2) is 7.20. The molecule has 6 heteroatoms. The summed E-state index contributed by atoms with van der Waals surface area (Å²) in [4.78, 5) is 42.9. The van der Waals surface area contributed by atoms with Crippen molar-refractivity contribution >= 4 is 23.4 Å². The van der Waals surface area contributed by atoms with E-state index in [1.807, 2.05) is 37.3 Å². The highest BCUT2D eigenvalue weighted by atomic mass is 16.2. The van der Waals surface area contributed by atoms with Crippen LogP contribution in [0.15, 0.2) is 66.7 Å². The lowest BCUT2D eigenvalue weighted by atomic mass is 9.94. The zero-order valence-electron chi connectivity index (χ0n) is 16.4. The van der Waals surface area contributed by atoms with Gasteiger partial charge in [-0.05, 0) is 24.6 Å². The molecule has 0 spiro atoms.